The van der Waals surface area contributed by atoms with E-state index in [1.165, 1.54) is 53.6 Å². The highest BCUT2D eigenvalue weighted by Gasteiger charge is 2.26. The van der Waals surface area contributed by atoms with E-state index in [0.29, 0.717) is 48.5 Å². The standard InChI is InChI=1S/C25H28N4O9S5/c1-6-27-23(40-19(25(27)31)7-8-22-29(14-43(34,35)36)15(2)13-39-22)11-24-28(12-21(30)26-42(5,32)33)16-9-17(37-3)18(38-4)10-20(16)41-24/h7-11,13H,6,12,14H2,1-5H3,(H-,26,30,32,33,34,35,36)/p+1/b19-7-,22-8+. The van der Waals surface area contributed by atoms with Crippen molar-refractivity contribution in [3.8, 4) is 11.5 Å². The summed E-state index contributed by atoms with van der Waals surface area (Å²) in [5.41, 5.74) is 0.964. The molecule has 3 aromatic rings. The maximum atomic E-state index is 13.3. The van der Waals surface area contributed by atoms with E-state index >= 15 is 0 Å². The first-order valence-electron chi connectivity index (χ1n) is 12.4. The second kappa shape index (κ2) is 12.9. The Morgan fingerprint density at radius 3 is 2.40 bits per heavy atom. The van der Waals surface area contributed by atoms with Gasteiger partial charge in [0.1, 0.15) is 9.36 Å². The number of thioether (sulfide) groups is 1. The van der Waals surface area contributed by atoms with Gasteiger partial charge in [0.05, 0.1) is 35.9 Å². The lowest BCUT2D eigenvalue weighted by atomic mass is 10.3. The highest BCUT2D eigenvalue weighted by atomic mass is 32.2. The number of nitrogens with zero attached hydrogens (tertiary/aromatic N) is 4. The average Bonchev–Trinajstić information content (AvgIpc) is 3.52. The zero-order valence-corrected chi connectivity index (χ0v) is 27.8. The van der Waals surface area contributed by atoms with E-state index in [1.54, 1.807) is 51.8 Å². The van der Waals surface area contributed by atoms with E-state index in [2.05, 4.69) is 4.36 Å². The number of ether oxygens (including phenoxy) is 2. The van der Waals surface area contributed by atoms with Crippen molar-refractivity contribution >= 4 is 82.8 Å². The molecule has 2 aromatic heterocycles. The van der Waals surface area contributed by atoms with Crippen molar-refractivity contribution in [1.29, 1.82) is 0 Å². The highest BCUT2D eigenvalue weighted by molar-refractivity contribution is 8.06. The number of carbonyl (C=O) groups excluding carboxylic acids is 1. The summed E-state index contributed by atoms with van der Waals surface area (Å²) >= 11 is 3.78. The Balaban J connectivity index is 1.89. The topological polar surface area (TPSA) is 169 Å². The molecule has 3 heterocycles. The molecule has 1 amide bonds. The Morgan fingerprint density at radius 2 is 1.79 bits per heavy atom. The van der Waals surface area contributed by atoms with Crippen LogP contribution in [0.5, 0.6) is 11.5 Å². The van der Waals surface area contributed by atoms with E-state index in [4.69, 9.17) is 9.47 Å². The molecule has 0 saturated heterocycles. The van der Waals surface area contributed by atoms with Crippen LogP contribution in [0.25, 0.3) is 22.4 Å². The van der Waals surface area contributed by atoms with Crippen molar-refractivity contribution in [3.63, 3.8) is 0 Å². The number of hydrogen-bond donors (Lipinski definition) is 2. The average molecular weight is 690 g/mol. The summed E-state index contributed by atoms with van der Waals surface area (Å²) < 4.78 is 72.8. The summed E-state index contributed by atoms with van der Waals surface area (Å²) in [7, 11) is -4.96. The summed E-state index contributed by atoms with van der Waals surface area (Å²) in [4.78, 5) is 27.4. The predicted molar refractivity (Wildman–Crippen MR) is 168 cm³/mol. The lowest BCUT2D eigenvalue weighted by Crippen LogP contribution is -2.39. The van der Waals surface area contributed by atoms with Gasteiger partial charge in [-0.2, -0.15) is 13.0 Å². The summed E-state index contributed by atoms with van der Waals surface area (Å²) in [6.45, 7) is 3.54. The van der Waals surface area contributed by atoms with Crippen LogP contribution >= 0.6 is 34.4 Å². The minimum absolute atomic E-state index is 0.266. The molecular weight excluding hydrogens is 661 g/mol. The zero-order chi connectivity index (χ0) is 31.7. The number of hydrogen-bond acceptors (Lipinski definition) is 11. The molecule has 43 heavy (non-hydrogen) atoms. The number of aromatic nitrogens is 2. The van der Waals surface area contributed by atoms with Crippen LogP contribution in [0.2, 0.25) is 0 Å². The van der Waals surface area contributed by atoms with E-state index in [9.17, 15) is 31.3 Å². The SMILES string of the molecule is CCn1c(=Cc2sc3cc(OC)c(OC)cc3[n+]2CC(=O)N=S(C)(=O)O)s/c(=C\C=C2\SC=C(C)N2CS(=O)(=O)O)c1=O. The zero-order valence-electron chi connectivity index (χ0n) is 23.7. The van der Waals surface area contributed by atoms with Crippen LogP contribution < -0.4 is 28.8 Å². The van der Waals surface area contributed by atoms with Gasteiger partial charge in [0.2, 0.25) is 12.1 Å². The highest BCUT2D eigenvalue weighted by Crippen LogP contribution is 2.35. The fourth-order valence-corrected chi connectivity index (χ4v) is 8.49. The van der Waals surface area contributed by atoms with Gasteiger partial charge >= 0.3 is 5.91 Å². The van der Waals surface area contributed by atoms with Gasteiger partial charge in [0.25, 0.3) is 20.7 Å². The number of thiazole rings is 2. The number of fused-ring (bicyclic) bond motifs is 1. The monoisotopic (exact) mass is 689 g/mol. The number of carbonyl (C=O) groups is 1. The molecule has 1 unspecified atom stereocenters. The van der Waals surface area contributed by atoms with Crippen molar-refractivity contribution in [2.75, 3.05) is 26.4 Å². The number of methoxy groups -OCH3 is 2. The van der Waals surface area contributed by atoms with Gasteiger partial charge in [-0.3, -0.25) is 18.7 Å². The van der Waals surface area contributed by atoms with Gasteiger partial charge in [-0.05, 0) is 31.4 Å². The Labute approximate surface area is 259 Å². The Bertz CT molecular complexity index is 2070. The van der Waals surface area contributed by atoms with E-state index < -0.39 is 31.9 Å². The largest absolute Gasteiger partial charge is 0.493 e. The third-order valence-corrected chi connectivity index (χ3v) is 10.4. The molecule has 0 saturated carbocycles. The van der Waals surface area contributed by atoms with Crippen LogP contribution in [0.4, 0.5) is 0 Å². The maximum Gasteiger partial charge on any atom is 0.321 e. The lowest BCUT2D eigenvalue weighted by molar-refractivity contribution is -0.655. The normalized spacial score (nSPS) is 17.0. The minimum Gasteiger partial charge on any atom is -0.493 e. The molecule has 18 heteroatoms. The van der Waals surface area contributed by atoms with Crippen LogP contribution in [0.1, 0.15) is 18.9 Å². The second-order valence-corrected chi connectivity index (χ2v) is 15.3. The number of amides is 1. The van der Waals surface area contributed by atoms with Crippen LogP contribution in [-0.4, -0.2) is 63.5 Å². The molecule has 0 spiro atoms. The quantitative estimate of drug-likeness (QED) is 0.248. The van der Waals surface area contributed by atoms with Crippen LogP contribution in [0, 0.1) is 0 Å². The second-order valence-electron chi connectivity index (χ2n) is 9.13. The fraction of sp³-hybridized carbons (Fsp3) is 0.320. The molecule has 1 aliphatic heterocycles. The molecule has 2 N–H and O–H groups in total. The third kappa shape index (κ3) is 7.75. The van der Waals surface area contributed by atoms with Gasteiger partial charge in [-0.15, -0.1) is 15.7 Å². The van der Waals surface area contributed by atoms with Gasteiger partial charge in [0.15, 0.2) is 27.4 Å². The molecule has 13 nitrogen and oxygen atoms in total. The van der Waals surface area contributed by atoms with E-state index in [1.807, 2.05) is 6.92 Å². The molecule has 1 aliphatic rings. The van der Waals surface area contributed by atoms with Gasteiger partial charge in [0, 0.05) is 24.6 Å². The molecule has 0 aliphatic carbocycles. The van der Waals surface area contributed by atoms with Crippen molar-refractivity contribution < 1.29 is 40.6 Å². The summed E-state index contributed by atoms with van der Waals surface area (Å²) in [5.74, 6) is -0.526. The first kappa shape index (κ1) is 32.9. The molecule has 1 atom stereocenters. The minimum atomic E-state index is -4.28. The Morgan fingerprint density at radius 1 is 1.12 bits per heavy atom. The van der Waals surface area contributed by atoms with Crippen LogP contribution in [-0.2, 0) is 38.0 Å². The Kier molecular flexibility index (Phi) is 9.89. The van der Waals surface area contributed by atoms with Crippen molar-refractivity contribution in [2.45, 2.75) is 26.9 Å². The van der Waals surface area contributed by atoms with Gasteiger partial charge < -0.3 is 18.9 Å². The number of allylic oxidation sites excluding steroid dienone is 2. The van der Waals surface area contributed by atoms with E-state index in [-0.39, 0.29) is 12.1 Å². The molecule has 4 rings (SSSR count). The Hall–Kier alpha value is -3.00. The van der Waals surface area contributed by atoms with Crippen LogP contribution in [0.3, 0.4) is 0 Å². The lowest BCUT2D eigenvalue weighted by Gasteiger charge is -2.18. The van der Waals surface area contributed by atoms with Crippen molar-refractivity contribution in [1.82, 2.24) is 9.47 Å². The number of rotatable bonds is 9. The van der Waals surface area contributed by atoms with Gasteiger partial charge in [-0.25, -0.2) is 4.21 Å². The molecule has 0 bridgehead atoms. The summed E-state index contributed by atoms with van der Waals surface area (Å²) in [6.07, 6.45) is 5.91. The number of benzene rings is 1. The molecule has 0 fully saturated rings. The maximum absolute atomic E-state index is 13.3. The molecular formula is C25H29N4O9S5+. The van der Waals surface area contributed by atoms with Crippen molar-refractivity contribution in [2.24, 2.45) is 4.36 Å². The molecule has 1 aromatic carbocycles. The summed E-state index contributed by atoms with van der Waals surface area (Å²) in [6, 6.07) is 3.45. The predicted octanol–water partition coefficient (Wildman–Crippen LogP) is 1.75. The smallest absolute Gasteiger partial charge is 0.321 e. The van der Waals surface area contributed by atoms with Crippen molar-refractivity contribution in [3.05, 3.63) is 58.9 Å². The van der Waals surface area contributed by atoms with Crippen LogP contribution in [0.15, 0.2) is 43.5 Å². The first-order chi connectivity index (χ1) is 20.1. The summed E-state index contributed by atoms with van der Waals surface area (Å²) in [5, 5.41) is 2.84. The third-order valence-electron chi connectivity index (χ3n) is 6.01. The molecule has 232 valence electrons. The van der Waals surface area contributed by atoms with Gasteiger partial charge in [-0.1, -0.05) is 23.1 Å². The first-order valence-corrected chi connectivity index (χ1v) is 18.4. The van der Waals surface area contributed by atoms with E-state index in [0.717, 1.165) is 11.0 Å². The fourth-order valence-electron chi connectivity index (χ4n) is 4.17. The molecule has 0 radical (unpaired) electrons.